The van der Waals surface area contributed by atoms with Crippen LogP contribution in [0.15, 0.2) is 30.3 Å². The van der Waals surface area contributed by atoms with E-state index in [1.54, 1.807) is 4.90 Å². The van der Waals surface area contributed by atoms with Gasteiger partial charge in [-0.25, -0.2) is 0 Å². The molecule has 0 unspecified atom stereocenters. The summed E-state index contributed by atoms with van der Waals surface area (Å²) in [5.41, 5.74) is 1.08. The first-order chi connectivity index (χ1) is 11.0. The molecule has 0 bridgehead atoms. The number of likely N-dealkylation sites (tertiary alicyclic amines) is 1. The van der Waals surface area contributed by atoms with Crippen molar-refractivity contribution in [3.63, 3.8) is 0 Å². The summed E-state index contributed by atoms with van der Waals surface area (Å²) < 4.78 is 0. The summed E-state index contributed by atoms with van der Waals surface area (Å²) >= 11 is 0. The van der Waals surface area contributed by atoms with Gasteiger partial charge in [-0.05, 0) is 24.8 Å². The van der Waals surface area contributed by atoms with Gasteiger partial charge in [0.15, 0.2) is 0 Å². The lowest BCUT2D eigenvalue weighted by Gasteiger charge is -2.32. The van der Waals surface area contributed by atoms with E-state index in [1.165, 1.54) is 0 Å². The molecule has 2 amide bonds. The van der Waals surface area contributed by atoms with Gasteiger partial charge in [-0.3, -0.25) is 9.59 Å². The molecule has 1 spiro atoms. The maximum Gasteiger partial charge on any atom is 0.227 e. The summed E-state index contributed by atoms with van der Waals surface area (Å²) in [6.07, 6.45) is 4.58. The Morgan fingerprint density at radius 2 is 1.96 bits per heavy atom. The van der Waals surface area contributed by atoms with Crippen LogP contribution in [0.3, 0.4) is 0 Å². The lowest BCUT2D eigenvalue weighted by atomic mass is 9.76. The van der Waals surface area contributed by atoms with Gasteiger partial charge in [-0.15, -0.1) is 0 Å². The molecule has 1 heterocycles. The molecule has 1 aromatic rings. The van der Waals surface area contributed by atoms with Crippen LogP contribution in [-0.4, -0.2) is 48.8 Å². The van der Waals surface area contributed by atoms with Gasteiger partial charge in [0.05, 0.1) is 6.42 Å². The Morgan fingerprint density at radius 3 is 2.65 bits per heavy atom. The van der Waals surface area contributed by atoms with Crippen molar-refractivity contribution in [3.05, 3.63) is 35.9 Å². The molecule has 23 heavy (non-hydrogen) atoms. The zero-order chi connectivity index (χ0) is 16.4. The molecule has 2 fully saturated rings. The number of benzene rings is 1. The summed E-state index contributed by atoms with van der Waals surface area (Å²) in [5, 5.41) is 0. The van der Waals surface area contributed by atoms with E-state index >= 15 is 0 Å². The van der Waals surface area contributed by atoms with Crippen molar-refractivity contribution in [1.82, 2.24) is 9.80 Å². The summed E-state index contributed by atoms with van der Waals surface area (Å²) in [7, 11) is 3.67. The third-order valence-electron chi connectivity index (χ3n) is 5.58. The smallest absolute Gasteiger partial charge is 0.227 e. The van der Waals surface area contributed by atoms with Gasteiger partial charge < -0.3 is 9.80 Å². The molecule has 1 aliphatic heterocycles. The quantitative estimate of drug-likeness (QED) is 0.859. The van der Waals surface area contributed by atoms with Crippen molar-refractivity contribution in [2.45, 2.75) is 32.1 Å². The molecule has 1 saturated carbocycles. The van der Waals surface area contributed by atoms with Gasteiger partial charge in [0, 0.05) is 38.5 Å². The van der Waals surface area contributed by atoms with E-state index in [0.29, 0.717) is 6.42 Å². The third kappa shape index (κ3) is 3.12. The minimum atomic E-state index is 0.0215. The molecular formula is C19H26N2O2. The van der Waals surface area contributed by atoms with E-state index in [2.05, 4.69) is 0 Å². The Kier molecular flexibility index (Phi) is 4.42. The van der Waals surface area contributed by atoms with E-state index < -0.39 is 0 Å². The number of hydrogen-bond donors (Lipinski definition) is 0. The predicted octanol–water partition coefficient (Wildman–Crippen LogP) is 2.34. The first-order valence-electron chi connectivity index (χ1n) is 8.55. The molecule has 124 valence electrons. The van der Waals surface area contributed by atoms with Gasteiger partial charge in [0.25, 0.3) is 0 Å². The largest absolute Gasteiger partial charge is 0.349 e. The van der Waals surface area contributed by atoms with Gasteiger partial charge in [-0.2, -0.15) is 0 Å². The number of carbonyl (C=O) groups is 2. The number of nitrogens with zero attached hydrogens (tertiary/aromatic N) is 2. The van der Waals surface area contributed by atoms with Crippen molar-refractivity contribution < 1.29 is 9.59 Å². The number of hydrogen-bond acceptors (Lipinski definition) is 2. The second kappa shape index (κ2) is 6.34. The highest BCUT2D eigenvalue weighted by Gasteiger charge is 2.51. The second-order valence-electron chi connectivity index (χ2n) is 7.27. The lowest BCUT2D eigenvalue weighted by molar-refractivity contribution is -0.137. The second-order valence-corrected chi connectivity index (χ2v) is 7.27. The third-order valence-corrected chi connectivity index (χ3v) is 5.58. The van der Waals surface area contributed by atoms with Crippen molar-refractivity contribution >= 4 is 11.8 Å². The van der Waals surface area contributed by atoms with Gasteiger partial charge in [0.2, 0.25) is 11.8 Å². The Labute approximate surface area is 138 Å². The zero-order valence-electron chi connectivity index (χ0n) is 14.1. The van der Waals surface area contributed by atoms with Gasteiger partial charge in [0.1, 0.15) is 0 Å². The maximum absolute atomic E-state index is 12.6. The highest BCUT2D eigenvalue weighted by atomic mass is 16.2. The molecule has 0 radical (unpaired) electrons. The highest BCUT2D eigenvalue weighted by molar-refractivity contribution is 5.81. The van der Waals surface area contributed by atoms with E-state index in [1.807, 2.05) is 49.3 Å². The van der Waals surface area contributed by atoms with Crippen LogP contribution in [-0.2, 0) is 16.0 Å². The number of rotatable bonds is 3. The maximum atomic E-state index is 12.6. The first-order valence-corrected chi connectivity index (χ1v) is 8.55. The molecule has 1 saturated heterocycles. The van der Waals surface area contributed by atoms with Crippen LogP contribution < -0.4 is 0 Å². The zero-order valence-corrected chi connectivity index (χ0v) is 14.1. The first kappa shape index (κ1) is 16.0. The summed E-state index contributed by atoms with van der Waals surface area (Å²) in [6, 6.07) is 9.90. The number of carbonyl (C=O) groups excluding carboxylic acids is 2. The fourth-order valence-corrected chi connectivity index (χ4v) is 4.32. The number of amides is 2. The predicted molar refractivity (Wildman–Crippen MR) is 89.8 cm³/mol. The van der Waals surface area contributed by atoms with Crippen LogP contribution in [0.5, 0.6) is 0 Å². The minimum Gasteiger partial charge on any atom is -0.349 e. The molecule has 0 aromatic heterocycles. The van der Waals surface area contributed by atoms with E-state index in [4.69, 9.17) is 0 Å². The Morgan fingerprint density at radius 1 is 1.22 bits per heavy atom. The van der Waals surface area contributed by atoms with E-state index in [9.17, 15) is 9.59 Å². The lowest BCUT2D eigenvalue weighted by Crippen LogP contribution is -2.41. The molecule has 2 atom stereocenters. The average Bonchev–Trinajstić information content (AvgIpc) is 3.15. The molecule has 4 heteroatoms. The van der Waals surface area contributed by atoms with Crippen molar-refractivity contribution in [3.8, 4) is 0 Å². The summed E-state index contributed by atoms with van der Waals surface area (Å²) in [6.45, 7) is 1.55. The van der Waals surface area contributed by atoms with Crippen LogP contribution in [0.4, 0.5) is 0 Å². The molecule has 2 aliphatic rings. The fraction of sp³-hybridized carbons (Fsp3) is 0.579. The highest BCUT2D eigenvalue weighted by Crippen LogP contribution is 2.50. The molecular weight excluding hydrogens is 288 g/mol. The summed E-state index contributed by atoms with van der Waals surface area (Å²) in [4.78, 5) is 28.8. The van der Waals surface area contributed by atoms with Crippen molar-refractivity contribution in [2.75, 3.05) is 27.2 Å². The average molecular weight is 314 g/mol. The standard InChI is InChI=1S/C19H26N2O2/c1-20(2)18(23)16-9-6-10-19(16)11-12-21(14-19)17(22)13-15-7-4-3-5-8-15/h3-5,7-8,16H,6,9-14H2,1-2H3/t16-,19+/m0/s1. The van der Waals surface area contributed by atoms with E-state index in [-0.39, 0.29) is 23.1 Å². The SMILES string of the molecule is CN(C)C(=O)[C@@H]1CCC[C@]12CCN(C(=O)Cc1ccccc1)C2. The van der Waals surface area contributed by atoms with E-state index in [0.717, 1.165) is 44.3 Å². The fourth-order valence-electron chi connectivity index (χ4n) is 4.32. The molecule has 3 rings (SSSR count). The molecule has 1 aliphatic carbocycles. The Bertz CT molecular complexity index is 584. The van der Waals surface area contributed by atoms with Crippen LogP contribution >= 0.6 is 0 Å². The molecule has 4 nitrogen and oxygen atoms in total. The summed E-state index contributed by atoms with van der Waals surface area (Å²) in [5.74, 6) is 0.517. The van der Waals surface area contributed by atoms with Crippen molar-refractivity contribution in [2.24, 2.45) is 11.3 Å². The normalized spacial score (nSPS) is 26.7. The van der Waals surface area contributed by atoms with Gasteiger partial charge >= 0.3 is 0 Å². The van der Waals surface area contributed by atoms with Crippen LogP contribution in [0.2, 0.25) is 0 Å². The van der Waals surface area contributed by atoms with Gasteiger partial charge in [-0.1, -0.05) is 36.8 Å². The Balaban J connectivity index is 1.67. The van der Waals surface area contributed by atoms with Crippen LogP contribution in [0.1, 0.15) is 31.2 Å². The minimum absolute atomic E-state index is 0.0215. The van der Waals surface area contributed by atoms with Crippen LogP contribution in [0.25, 0.3) is 0 Å². The Hall–Kier alpha value is -1.84. The molecule has 1 aromatic carbocycles. The molecule has 0 N–H and O–H groups in total. The van der Waals surface area contributed by atoms with Crippen LogP contribution in [0, 0.1) is 11.3 Å². The topological polar surface area (TPSA) is 40.6 Å². The monoisotopic (exact) mass is 314 g/mol. The van der Waals surface area contributed by atoms with Crippen molar-refractivity contribution in [1.29, 1.82) is 0 Å².